The Hall–Kier alpha value is -0.600. The summed E-state index contributed by atoms with van der Waals surface area (Å²) in [6.07, 6.45) is 8.56. The van der Waals surface area contributed by atoms with Crippen molar-refractivity contribution in [1.29, 1.82) is 0 Å². The number of hydrogen-bond donors (Lipinski definition) is 1. The molecule has 0 unspecified atom stereocenters. The monoisotopic (exact) mass is 229 g/mol. The van der Waals surface area contributed by atoms with Gasteiger partial charge in [0.2, 0.25) is 0 Å². The molecule has 3 heteroatoms. The lowest BCUT2D eigenvalue weighted by Crippen LogP contribution is -3.00. The second-order valence-electron chi connectivity index (χ2n) is 3.62. The molecule has 0 fully saturated rings. The molecule has 1 N–H and O–H groups in total. The quantitative estimate of drug-likeness (QED) is 0.603. The molecular weight excluding hydrogens is 210 g/mol. The highest BCUT2D eigenvalue weighted by Gasteiger charge is 1.99. The first-order chi connectivity index (χ1) is 6.86. The molecule has 1 aromatic rings. The molecule has 0 aliphatic carbocycles. The van der Waals surface area contributed by atoms with E-state index in [1.54, 1.807) is 0 Å². The molecule has 0 aliphatic rings. The van der Waals surface area contributed by atoms with Crippen LogP contribution in [0.1, 0.15) is 31.7 Å². The van der Waals surface area contributed by atoms with E-state index in [0.717, 1.165) is 19.4 Å². The van der Waals surface area contributed by atoms with Crippen LogP contribution >= 0.6 is 0 Å². The molecule has 0 amide bonds. The molecule has 0 radical (unpaired) electrons. The smallest absolute Gasteiger partial charge is 0.169 e. The van der Waals surface area contributed by atoms with Crippen LogP contribution in [-0.2, 0) is 13.0 Å². The van der Waals surface area contributed by atoms with E-state index >= 15 is 0 Å². The number of aliphatic hydroxyl groups excluding tert-OH is 1. The van der Waals surface area contributed by atoms with Gasteiger partial charge in [-0.25, -0.2) is 4.57 Å². The van der Waals surface area contributed by atoms with Crippen LogP contribution in [0.2, 0.25) is 0 Å². The summed E-state index contributed by atoms with van der Waals surface area (Å²) < 4.78 is 2.21. The summed E-state index contributed by atoms with van der Waals surface area (Å²) in [7, 11) is 0. The number of aromatic nitrogens is 1. The minimum atomic E-state index is 0. The Morgan fingerprint density at radius 1 is 1.20 bits per heavy atom. The molecule has 0 atom stereocenters. The van der Waals surface area contributed by atoms with E-state index in [1.165, 1.54) is 18.4 Å². The number of rotatable bonds is 6. The van der Waals surface area contributed by atoms with Gasteiger partial charge in [0, 0.05) is 25.2 Å². The Morgan fingerprint density at radius 2 is 1.87 bits per heavy atom. The summed E-state index contributed by atoms with van der Waals surface area (Å²) in [4.78, 5) is 0. The van der Waals surface area contributed by atoms with Gasteiger partial charge in [0.25, 0.3) is 0 Å². The first-order valence-electron chi connectivity index (χ1n) is 5.45. The number of pyridine rings is 1. The first-order valence-corrected chi connectivity index (χ1v) is 5.45. The topological polar surface area (TPSA) is 24.1 Å². The van der Waals surface area contributed by atoms with Crippen molar-refractivity contribution in [3.05, 3.63) is 30.1 Å². The van der Waals surface area contributed by atoms with Crippen molar-refractivity contribution in [3.63, 3.8) is 0 Å². The maximum Gasteiger partial charge on any atom is 0.169 e. The first kappa shape index (κ1) is 14.4. The van der Waals surface area contributed by atoms with E-state index in [1.807, 2.05) is 0 Å². The molecule has 0 saturated heterocycles. The van der Waals surface area contributed by atoms with Gasteiger partial charge in [0.15, 0.2) is 12.4 Å². The summed E-state index contributed by atoms with van der Waals surface area (Å²) >= 11 is 0. The molecule has 1 heterocycles. The van der Waals surface area contributed by atoms with Crippen LogP contribution < -0.4 is 17.0 Å². The van der Waals surface area contributed by atoms with Gasteiger partial charge >= 0.3 is 0 Å². The maximum atomic E-state index is 8.69. The molecule has 1 rings (SSSR count). The van der Waals surface area contributed by atoms with Crippen molar-refractivity contribution in [3.8, 4) is 0 Å². The van der Waals surface area contributed by atoms with E-state index in [0.29, 0.717) is 0 Å². The fourth-order valence-electron chi connectivity index (χ4n) is 1.43. The van der Waals surface area contributed by atoms with E-state index in [4.69, 9.17) is 5.11 Å². The molecule has 15 heavy (non-hydrogen) atoms. The predicted octanol–water partition coefficient (Wildman–Crippen LogP) is -1.30. The van der Waals surface area contributed by atoms with Crippen LogP contribution in [0.3, 0.4) is 0 Å². The zero-order chi connectivity index (χ0) is 10.2. The average Bonchev–Trinajstić information content (AvgIpc) is 2.25. The standard InChI is InChI=1S/C12H20NO.ClH/c1-2-3-8-13-9-6-12(7-10-13)5-4-11-14;/h6-7,9-10,14H,2-5,8,11H2,1H3;1H/q+1;/p-1. The minimum absolute atomic E-state index is 0. The fraction of sp³-hybridized carbons (Fsp3) is 0.583. The Labute approximate surface area is 98.4 Å². The van der Waals surface area contributed by atoms with Gasteiger partial charge in [-0.15, -0.1) is 0 Å². The molecule has 2 nitrogen and oxygen atoms in total. The van der Waals surface area contributed by atoms with Gasteiger partial charge in [0.05, 0.1) is 0 Å². The van der Waals surface area contributed by atoms with E-state index in [2.05, 4.69) is 36.0 Å². The Morgan fingerprint density at radius 3 is 2.40 bits per heavy atom. The van der Waals surface area contributed by atoms with Gasteiger partial charge in [-0.05, 0) is 18.4 Å². The Kier molecular flexibility index (Phi) is 8.34. The van der Waals surface area contributed by atoms with Crippen molar-refractivity contribution in [2.75, 3.05) is 6.61 Å². The van der Waals surface area contributed by atoms with Crippen molar-refractivity contribution >= 4 is 0 Å². The summed E-state index contributed by atoms with van der Waals surface area (Å²) in [6.45, 7) is 3.59. The molecular formula is C12H20ClNO. The maximum absolute atomic E-state index is 8.69. The normalized spacial score (nSPS) is 9.73. The van der Waals surface area contributed by atoms with Gasteiger partial charge in [-0.1, -0.05) is 13.3 Å². The lowest BCUT2D eigenvalue weighted by Gasteiger charge is -1.98. The largest absolute Gasteiger partial charge is 1.00 e. The third-order valence-electron chi connectivity index (χ3n) is 2.35. The van der Waals surface area contributed by atoms with Crippen LogP contribution in [-0.4, -0.2) is 11.7 Å². The molecule has 0 aliphatic heterocycles. The molecule has 0 saturated carbocycles. The number of aryl methyl sites for hydroxylation is 2. The van der Waals surface area contributed by atoms with Crippen LogP contribution in [0.5, 0.6) is 0 Å². The summed E-state index contributed by atoms with van der Waals surface area (Å²) in [5.74, 6) is 0. The molecule has 86 valence electrons. The van der Waals surface area contributed by atoms with E-state index in [9.17, 15) is 0 Å². The molecule has 0 bridgehead atoms. The Bertz CT molecular complexity index is 221. The van der Waals surface area contributed by atoms with Crippen LogP contribution in [0.25, 0.3) is 0 Å². The van der Waals surface area contributed by atoms with Crippen LogP contribution in [0, 0.1) is 0 Å². The van der Waals surface area contributed by atoms with Gasteiger partial charge in [-0.3, -0.25) is 0 Å². The summed E-state index contributed by atoms with van der Waals surface area (Å²) in [5.41, 5.74) is 1.31. The van der Waals surface area contributed by atoms with Crippen molar-refractivity contribution in [1.82, 2.24) is 0 Å². The van der Waals surface area contributed by atoms with Crippen molar-refractivity contribution in [2.24, 2.45) is 0 Å². The zero-order valence-electron chi connectivity index (χ0n) is 9.32. The van der Waals surface area contributed by atoms with Gasteiger partial charge in [0.1, 0.15) is 6.54 Å². The van der Waals surface area contributed by atoms with Gasteiger partial charge < -0.3 is 17.5 Å². The van der Waals surface area contributed by atoms with Gasteiger partial charge in [-0.2, -0.15) is 0 Å². The average molecular weight is 230 g/mol. The fourth-order valence-corrected chi connectivity index (χ4v) is 1.43. The number of halogens is 1. The third kappa shape index (κ3) is 5.75. The minimum Gasteiger partial charge on any atom is -1.00 e. The number of unbranched alkanes of at least 4 members (excludes halogenated alkanes) is 1. The summed E-state index contributed by atoms with van der Waals surface area (Å²) in [5, 5.41) is 8.69. The third-order valence-corrected chi connectivity index (χ3v) is 2.35. The highest BCUT2D eigenvalue weighted by Crippen LogP contribution is 1.99. The Balaban J connectivity index is 0.00000196. The highest BCUT2D eigenvalue weighted by molar-refractivity contribution is 5.07. The molecule has 0 spiro atoms. The van der Waals surface area contributed by atoms with Crippen LogP contribution in [0.15, 0.2) is 24.5 Å². The highest BCUT2D eigenvalue weighted by atomic mass is 35.5. The van der Waals surface area contributed by atoms with E-state index < -0.39 is 0 Å². The predicted molar refractivity (Wildman–Crippen MR) is 57.0 cm³/mol. The second kappa shape index (κ2) is 8.69. The lowest BCUT2D eigenvalue weighted by atomic mass is 10.1. The van der Waals surface area contributed by atoms with Crippen molar-refractivity contribution < 1.29 is 22.1 Å². The zero-order valence-corrected chi connectivity index (χ0v) is 10.1. The number of aliphatic hydroxyl groups is 1. The number of hydrogen-bond acceptors (Lipinski definition) is 1. The second-order valence-corrected chi connectivity index (χ2v) is 3.62. The molecule has 0 aromatic carbocycles. The summed E-state index contributed by atoms with van der Waals surface area (Å²) in [6, 6.07) is 4.29. The SMILES string of the molecule is CCCC[n+]1ccc(CCCO)cc1.[Cl-]. The molecule has 1 aromatic heterocycles. The van der Waals surface area contributed by atoms with Crippen molar-refractivity contribution in [2.45, 2.75) is 39.2 Å². The number of nitrogens with zero attached hydrogens (tertiary/aromatic N) is 1. The lowest BCUT2D eigenvalue weighted by molar-refractivity contribution is -0.697. The van der Waals surface area contributed by atoms with E-state index in [-0.39, 0.29) is 19.0 Å². The van der Waals surface area contributed by atoms with Crippen LogP contribution in [0.4, 0.5) is 0 Å².